The lowest BCUT2D eigenvalue weighted by Gasteiger charge is -2.18. The summed E-state index contributed by atoms with van der Waals surface area (Å²) in [6.07, 6.45) is 0. The van der Waals surface area contributed by atoms with Gasteiger partial charge in [0.2, 0.25) is 0 Å². The zero-order chi connectivity index (χ0) is 24.2. The average Bonchev–Trinajstić information content (AvgIpc) is 3.06. The van der Waals surface area contributed by atoms with Gasteiger partial charge in [0.05, 0.1) is 24.5 Å². The summed E-state index contributed by atoms with van der Waals surface area (Å²) >= 11 is 0. The smallest absolute Gasteiger partial charge is 0.282 e. The van der Waals surface area contributed by atoms with E-state index in [1.165, 1.54) is 4.90 Å². The van der Waals surface area contributed by atoms with Gasteiger partial charge in [0.1, 0.15) is 5.70 Å². The van der Waals surface area contributed by atoms with Crippen molar-refractivity contribution in [3.8, 4) is 11.5 Å². The number of imide groups is 1. The summed E-state index contributed by atoms with van der Waals surface area (Å²) in [6.45, 7) is 8.66. The summed E-state index contributed by atoms with van der Waals surface area (Å²) in [5.74, 6) is 0.432. The Bertz CT molecular complexity index is 1260. The normalized spacial score (nSPS) is 13.5. The SMILES string of the molecule is CCOc1ccc(NC2=C(c3ccccc3)C(=O)N(c3ccc(C)cc3C)C2=O)cc1OCC. The molecule has 1 heterocycles. The highest BCUT2D eigenvalue weighted by atomic mass is 16.5. The van der Waals surface area contributed by atoms with Crippen LogP contribution in [0.15, 0.2) is 72.4 Å². The Hall–Kier alpha value is -4.06. The van der Waals surface area contributed by atoms with Crippen LogP contribution in [-0.2, 0) is 9.59 Å². The second-order valence-electron chi connectivity index (χ2n) is 8.00. The van der Waals surface area contributed by atoms with E-state index in [0.717, 1.165) is 11.1 Å². The van der Waals surface area contributed by atoms with Crippen molar-refractivity contribution in [2.75, 3.05) is 23.4 Å². The number of carbonyl (C=O) groups is 2. The van der Waals surface area contributed by atoms with Gasteiger partial charge in [0.15, 0.2) is 11.5 Å². The van der Waals surface area contributed by atoms with E-state index < -0.39 is 5.91 Å². The Kier molecular flexibility index (Phi) is 6.68. The molecule has 0 unspecified atom stereocenters. The second kappa shape index (κ2) is 9.83. The molecule has 0 saturated carbocycles. The van der Waals surface area contributed by atoms with E-state index in [1.54, 1.807) is 18.2 Å². The number of hydrogen-bond donors (Lipinski definition) is 1. The lowest BCUT2D eigenvalue weighted by molar-refractivity contribution is -0.120. The molecule has 0 saturated heterocycles. The second-order valence-corrected chi connectivity index (χ2v) is 8.00. The first-order chi connectivity index (χ1) is 16.4. The number of hydrogen-bond acceptors (Lipinski definition) is 5. The molecule has 0 radical (unpaired) electrons. The average molecular weight is 457 g/mol. The van der Waals surface area contributed by atoms with Crippen molar-refractivity contribution in [1.82, 2.24) is 0 Å². The molecule has 34 heavy (non-hydrogen) atoms. The number of ether oxygens (including phenoxy) is 2. The quantitative estimate of drug-likeness (QED) is 0.454. The fourth-order valence-corrected chi connectivity index (χ4v) is 4.07. The summed E-state index contributed by atoms with van der Waals surface area (Å²) in [4.78, 5) is 28.5. The van der Waals surface area contributed by atoms with Crippen LogP contribution in [0.4, 0.5) is 11.4 Å². The minimum Gasteiger partial charge on any atom is -0.490 e. The van der Waals surface area contributed by atoms with Crippen molar-refractivity contribution in [2.24, 2.45) is 0 Å². The highest BCUT2D eigenvalue weighted by molar-refractivity contribution is 6.46. The molecule has 0 spiro atoms. The minimum atomic E-state index is -0.400. The van der Waals surface area contributed by atoms with E-state index in [-0.39, 0.29) is 11.6 Å². The Morgan fingerprint density at radius 1 is 0.794 bits per heavy atom. The predicted molar refractivity (Wildman–Crippen MR) is 134 cm³/mol. The zero-order valence-electron chi connectivity index (χ0n) is 19.8. The topological polar surface area (TPSA) is 67.9 Å². The highest BCUT2D eigenvalue weighted by Crippen LogP contribution is 2.37. The third kappa shape index (κ3) is 4.39. The molecule has 0 aromatic heterocycles. The predicted octanol–water partition coefficient (Wildman–Crippen LogP) is 5.50. The van der Waals surface area contributed by atoms with Crippen molar-refractivity contribution in [3.63, 3.8) is 0 Å². The summed E-state index contributed by atoms with van der Waals surface area (Å²) < 4.78 is 11.4. The van der Waals surface area contributed by atoms with Gasteiger partial charge in [0.25, 0.3) is 11.8 Å². The minimum absolute atomic E-state index is 0.225. The Labute approximate surface area is 199 Å². The molecule has 3 aromatic rings. The van der Waals surface area contributed by atoms with E-state index in [2.05, 4.69) is 5.32 Å². The summed E-state index contributed by atoms with van der Waals surface area (Å²) in [7, 11) is 0. The Balaban J connectivity index is 1.79. The van der Waals surface area contributed by atoms with Crippen molar-refractivity contribution in [1.29, 1.82) is 0 Å². The number of nitrogens with one attached hydrogen (secondary N) is 1. The van der Waals surface area contributed by atoms with Gasteiger partial charge >= 0.3 is 0 Å². The lowest BCUT2D eigenvalue weighted by atomic mass is 10.0. The molecule has 1 aliphatic heterocycles. The van der Waals surface area contributed by atoms with Gasteiger partial charge in [-0.1, -0.05) is 48.0 Å². The van der Waals surface area contributed by atoms with E-state index >= 15 is 0 Å². The van der Waals surface area contributed by atoms with E-state index in [9.17, 15) is 9.59 Å². The van der Waals surface area contributed by atoms with E-state index in [4.69, 9.17) is 9.47 Å². The first-order valence-electron chi connectivity index (χ1n) is 11.4. The molecule has 6 heteroatoms. The number of benzene rings is 3. The van der Waals surface area contributed by atoms with Crippen LogP contribution in [0, 0.1) is 13.8 Å². The molecule has 1 aliphatic rings. The van der Waals surface area contributed by atoms with Gasteiger partial charge in [-0.25, -0.2) is 4.90 Å². The Morgan fingerprint density at radius 2 is 1.50 bits per heavy atom. The van der Waals surface area contributed by atoms with Gasteiger partial charge in [-0.15, -0.1) is 0 Å². The van der Waals surface area contributed by atoms with Crippen LogP contribution < -0.4 is 19.7 Å². The van der Waals surface area contributed by atoms with Crippen LogP contribution in [0.5, 0.6) is 11.5 Å². The molecular formula is C28H28N2O4. The first kappa shape index (κ1) is 23.1. The number of carbonyl (C=O) groups excluding carboxylic acids is 2. The molecule has 0 fully saturated rings. The lowest BCUT2D eigenvalue weighted by Crippen LogP contribution is -2.33. The number of aryl methyl sites for hydroxylation is 2. The first-order valence-corrected chi connectivity index (χ1v) is 11.4. The standard InChI is InChI=1S/C28H28N2O4/c1-5-33-23-15-13-21(17-24(23)34-6-2)29-26-25(20-10-8-7-9-11-20)27(31)30(28(26)32)22-14-12-18(3)16-19(22)4/h7-17,29H,5-6H2,1-4H3. The van der Waals surface area contributed by atoms with Crippen LogP contribution in [0.2, 0.25) is 0 Å². The maximum Gasteiger partial charge on any atom is 0.282 e. The monoisotopic (exact) mass is 456 g/mol. The number of amides is 2. The fraction of sp³-hybridized carbons (Fsp3) is 0.214. The van der Waals surface area contributed by atoms with Crippen LogP contribution in [0.3, 0.4) is 0 Å². The highest BCUT2D eigenvalue weighted by Gasteiger charge is 2.40. The zero-order valence-corrected chi connectivity index (χ0v) is 19.8. The largest absolute Gasteiger partial charge is 0.490 e. The third-order valence-electron chi connectivity index (χ3n) is 5.55. The van der Waals surface area contributed by atoms with E-state index in [1.807, 2.05) is 76.2 Å². The van der Waals surface area contributed by atoms with Crippen molar-refractivity contribution in [3.05, 3.63) is 89.1 Å². The summed E-state index contributed by atoms with van der Waals surface area (Å²) in [6, 6.07) is 20.3. The Morgan fingerprint density at radius 3 is 2.18 bits per heavy atom. The molecule has 6 nitrogen and oxygen atoms in total. The molecule has 174 valence electrons. The van der Waals surface area contributed by atoms with Crippen molar-refractivity contribution in [2.45, 2.75) is 27.7 Å². The van der Waals surface area contributed by atoms with Crippen molar-refractivity contribution < 1.29 is 19.1 Å². The van der Waals surface area contributed by atoms with Gasteiger partial charge in [0, 0.05) is 11.8 Å². The molecule has 0 bridgehead atoms. The maximum atomic E-state index is 13.7. The molecule has 4 rings (SSSR count). The van der Waals surface area contributed by atoms with Crippen LogP contribution in [0.1, 0.15) is 30.5 Å². The van der Waals surface area contributed by atoms with Gasteiger partial charge < -0.3 is 14.8 Å². The van der Waals surface area contributed by atoms with Crippen molar-refractivity contribution >= 4 is 28.8 Å². The molecule has 0 atom stereocenters. The van der Waals surface area contributed by atoms with E-state index in [0.29, 0.717) is 47.2 Å². The molecule has 0 aliphatic carbocycles. The number of anilines is 2. The van der Waals surface area contributed by atoms with Crippen LogP contribution in [0.25, 0.3) is 5.57 Å². The van der Waals surface area contributed by atoms with Gasteiger partial charge in [-0.2, -0.15) is 0 Å². The van der Waals surface area contributed by atoms with Gasteiger partial charge in [-0.05, 0) is 57.0 Å². The molecule has 1 N–H and O–H groups in total. The van der Waals surface area contributed by atoms with Crippen LogP contribution in [-0.4, -0.2) is 25.0 Å². The summed E-state index contributed by atoms with van der Waals surface area (Å²) in [5.41, 5.74) is 4.35. The molecular weight excluding hydrogens is 428 g/mol. The maximum absolute atomic E-state index is 13.7. The number of rotatable bonds is 8. The van der Waals surface area contributed by atoms with Crippen LogP contribution >= 0.6 is 0 Å². The number of nitrogens with zero attached hydrogens (tertiary/aromatic N) is 1. The molecule has 3 aromatic carbocycles. The molecule has 2 amide bonds. The van der Waals surface area contributed by atoms with Gasteiger partial charge in [-0.3, -0.25) is 9.59 Å². The summed E-state index contributed by atoms with van der Waals surface area (Å²) in [5, 5.41) is 3.20. The fourth-order valence-electron chi connectivity index (χ4n) is 4.07. The third-order valence-corrected chi connectivity index (χ3v) is 5.55.